The zero-order chi connectivity index (χ0) is 14.9. The van der Waals surface area contributed by atoms with Gasteiger partial charge in [-0.1, -0.05) is 60.7 Å². The number of piperidine rings is 1. The highest BCUT2D eigenvalue weighted by molar-refractivity contribution is 5.84. The van der Waals surface area contributed by atoms with Gasteiger partial charge >= 0.3 is 0 Å². The molecule has 3 unspecified atom stereocenters. The molecule has 1 amide bonds. The molecule has 1 saturated heterocycles. The third kappa shape index (κ3) is 2.53. The molecular weight excluding hydrogens is 272 g/mol. The molecule has 3 heteroatoms. The average molecular weight is 292 g/mol. The summed E-state index contributed by atoms with van der Waals surface area (Å²) in [6.07, 6.45) is 1.20. The third-order valence-electron chi connectivity index (χ3n) is 4.84. The van der Waals surface area contributed by atoms with Gasteiger partial charge in [-0.05, 0) is 35.9 Å². The zero-order valence-corrected chi connectivity index (χ0v) is 12.4. The summed E-state index contributed by atoms with van der Waals surface area (Å²) in [6.45, 7) is 0.990. The molecule has 2 fully saturated rings. The maximum absolute atomic E-state index is 12.7. The number of hydrogen-bond acceptors (Lipinski definition) is 2. The van der Waals surface area contributed by atoms with E-state index in [2.05, 4.69) is 34.9 Å². The van der Waals surface area contributed by atoms with E-state index in [0.29, 0.717) is 5.92 Å². The fraction of sp³-hybridized carbons (Fsp3) is 0.316. The van der Waals surface area contributed by atoms with Crippen molar-refractivity contribution in [2.24, 2.45) is 11.8 Å². The second-order valence-electron chi connectivity index (χ2n) is 6.31. The summed E-state index contributed by atoms with van der Waals surface area (Å²) in [6, 6.07) is 20.2. The largest absolute Gasteiger partial charge is 0.344 e. The van der Waals surface area contributed by atoms with E-state index in [0.717, 1.165) is 23.6 Å². The molecule has 1 heterocycles. The molecule has 3 atom stereocenters. The minimum Gasteiger partial charge on any atom is -0.344 e. The van der Waals surface area contributed by atoms with Gasteiger partial charge in [-0.3, -0.25) is 4.79 Å². The van der Waals surface area contributed by atoms with Crippen molar-refractivity contribution in [1.29, 1.82) is 0 Å². The second-order valence-corrected chi connectivity index (χ2v) is 6.31. The Bertz CT molecular complexity index is 616. The predicted molar refractivity (Wildman–Crippen MR) is 86.3 cm³/mol. The van der Waals surface area contributed by atoms with Crippen LogP contribution in [0.2, 0.25) is 0 Å². The van der Waals surface area contributed by atoms with E-state index in [4.69, 9.17) is 0 Å². The normalized spacial score (nSPS) is 25.8. The lowest BCUT2D eigenvalue weighted by molar-refractivity contribution is -0.123. The molecule has 0 bridgehead atoms. The van der Waals surface area contributed by atoms with Gasteiger partial charge in [0, 0.05) is 0 Å². The van der Waals surface area contributed by atoms with Crippen LogP contribution in [0.25, 0.3) is 0 Å². The van der Waals surface area contributed by atoms with Crippen LogP contribution in [-0.4, -0.2) is 18.5 Å². The molecule has 2 aliphatic rings. The quantitative estimate of drug-likeness (QED) is 0.909. The van der Waals surface area contributed by atoms with Gasteiger partial charge in [0.05, 0.1) is 12.1 Å². The van der Waals surface area contributed by atoms with E-state index in [-0.39, 0.29) is 18.0 Å². The van der Waals surface area contributed by atoms with Crippen molar-refractivity contribution in [3.8, 4) is 0 Å². The van der Waals surface area contributed by atoms with Crippen LogP contribution >= 0.6 is 0 Å². The number of rotatable bonds is 4. The first-order valence-electron chi connectivity index (χ1n) is 7.96. The summed E-state index contributed by atoms with van der Waals surface area (Å²) in [5.41, 5.74) is 2.24. The van der Waals surface area contributed by atoms with E-state index < -0.39 is 0 Å². The van der Waals surface area contributed by atoms with E-state index >= 15 is 0 Å². The lowest BCUT2D eigenvalue weighted by Crippen LogP contribution is -2.44. The highest BCUT2D eigenvalue weighted by atomic mass is 16.2. The first-order valence-corrected chi connectivity index (χ1v) is 7.96. The highest BCUT2D eigenvalue weighted by Crippen LogP contribution is 2.45. The molecule has 1 saturated carbocycles. The standard InChI is InChI=1S/C19H20N2O/c22-19(18-16-11-15(16)12-20-18)21-17(13-7-3-1-4-8-13)14-9-5-2-6-10-14/h1-10,15-18,20H,11-12H2,(H,21,22). The van der Waals surface area contributed by atoms with Crippen LogP contribution < -0.4 is 10.6 Å². The van der Waals surface area contributed by atoms with Crippen molar-refractivity contribution < 1.29 is 4.79 Å². The molecule has 0 spiro atoms. The summed E-state index contributed by atoms with van der Waals surface area (Å²) in [4.78, 5) is 12.7. The molecule has 3 nitrogen and oxygen atoms in total. The molecule has 1 aliphatic carbocycles. The number of carbonyl (C=O) groups excluding carboxylic acids is 1. The molecule has 2 N–H and O–H groups in total. The molecule has 0 radical (unpaired) electrons. The van der Waals surface area contributed by atoms with Crippen molar-refractivity contribution in [1.82, 2.24) is 10.6 Å². The third-order valence-corrected chi connectivity index (χ3v) is 4.84. The fourth-order valence-corrected chi connectivity index (χ4v) is 3.51. The van der Waals surface area contributed by atoms with E-state index in [1.54, 1.807) is 0 Å². The zero-order valence-electron chi connectivity index (χ0n) is 12.4. The first-order chi connectivity index (χ1) is 10.8. The number of benzene rings is 2. The van der Waals surface area contributed by atoms with Crippen LogP contribution in [0, 0.1) is 11.8 Å². The second kappa shape index (κ2) is 5.58. The summed E-state index contributed by atoms with van der Waals surface area (Å²) in [5.74, 6) is 1.40. The Morgan fingerprint density at radius 2 is 1.59 bits per heavy atom. The monoisotopic (exact) mass is 292 g/mol. The molecule has 1 aliphatic heterocycles. The predicted octanol–water partition coefficient (Wildman–Crippen LogP) is 2.50. The Morgan fingerprint density at radius 1 is 1.00 bits per heavy atom. The minimum absolute atomic E-state index is 0.0140. The Morgan fingerprint density at radius 3 is 2.05 bits per heavy atom. The van der Waals surface area contributed by atoms with Gasteiger partial charge in [0.1, 0.15) is 0 Å². The number of nitrogens with one attached hydrogen (secondary N) is 2. The van der Waals surface area contributed by atoms with Crippen molar-refractivity contribution >= 4 is 5.91 Å². The van der Waals surface area contributed by atoms with Crippen LogP contribution in [0.15, 0.2) is 60.7 Å². The van der Waals surface area contributed by atoms with Crippen molar-refractivity contribution in [2.45, 2.75) is 18.5 Å². The molecule has 22 heavy (non-hydrogen) atoms. The van der Waals surface area contributed by atoms with Gasteiger partial charge in [0.25, 0.3) is 0 Å². The summed E-state index contributed by atoms with van der Waals surface area (Å²) >= 11 is 0. The fourth-order valence-electron chi connectivity index (χ4n) is 3.51. The highest BCUT2D eigenvalue weighted by Gasteiger charge is 2.51. The lowest BCUT2D eigenvalue weighted by atomic mass is 9.98. The molecule has 4 rings (SSSR count). The minimum atomic E-state index is -0.0884. The van der Waals surface area contributed by atoms with Crippen LogP contribution in [0.4, 0.5) is 0 Å². The van der Waals surface area contributed by atoms with Gasteiger partial charge < -0.3 is 10.6 Å². The topological polar surface area (TPSA) is 41.1 Å². The molecule has 2 aromatic carbocycles. The van der Waals surface area contributed by atoms with Gasteiger partial charge in [0.15, 0.2) is 0 Å². The van der Waals surface area contributed by atoms with Crippen LogP contribution in [0.3, 0.4) is 0 Å². The Balaban J connectivity index is 1.59. The van der Waals surface area contributed by atoms with Gasteiger partial charge in [-0.15, -0.1) is 0 Å². The first kappa shape index (κ1) is 13.5. The average Bonchev–Trinajstić information content (AvgIpc) is 3.24. The maximum atomic E-state index is 12.7. The molecular formula is C19H20N2O. The number of amides is 1. The van der Waals surface area contributed by atoms with E-state index in [1.165, 1.54) is 6.42 Å². The van der Waals surface area contributed by atoms with E-state index in [9.17, 15) is 4.79 Å². The maximum Gasteiger partial charge on any atom is 0.238 e. The number of hydrogen-bond donors (Lipinski definition) is 2. The van der Waals surface area contributed by atoms with Crippen LogP contribution in [0.1, 0.15) is 23.6 Å². The van der Waals surface area contributed by atoms with Gasteiger partial charge in [0.2, 0.25) is 5.91 Å². The smallest absolute Gasteiger partial charge is 0.238 e. The molecule has 0 aromatic heterocycles. The van der Waals surface area contributed by atoms with Crippen molar-refractivity contribution in [2.75, 3.05) is 6.54 Å². The van der Waals surface area contributed by atoms with Crippen molar-refractivity contribution in [3.05, 3.63) is 71.8 Å². The molecule has 2 aromatic rings. The lowest BCUT2D eigenvalue weighted by Gasteiger charge is -2.22. The van der Waals surface area contributed by atoms with Gasteiger partial charge in [-0.25, -0.2) is 0 Å². The summed E-state index contributed by atoms with van der Waals surface area (Å²) in [5, 5.41) is 6.60. The van der Waals surface area contributed by atoms with Gasteiger partial charge in [-0.2, -0.15) is 0 Å². The number of fused-ring (bicyclic) bond motifs is 1. The van der Waals surface area contributed by atoms with Crippen LogP contribution in [0.5, 0.6) is 0 Å². The number of carbonyl (C=O) groups is 1. The molecule has 112 valence electrons. The SMILES string of the molecule is O=C(NC(c1ccccc1)c1ccccc1)C1NCC2CC21. The Labute approximate surface area is 130 Å². The summed E-state index contributed by atoms with van der Waals surface area (Å²) < 4.78 is 0. The van der Waals surface area contributed by atoms with Crippen LogP contribution in [-0.2, 0) is 4.79 Å². The van der Waals surface area contributed by atoms with E-state index in [1.807, 2.05) is 36.4 Å². The Hall–Kier alpha value is -2.13. The van der Waals surface area contributed by atoms with Crippen molar-refractivity contribution in [3.63, 3.8) is 0 Å². The summed E-state index contributed by atoms with van der Waals surface area (Å²) in [7, 11) is 0. The Kier molecular flexibility index (Phi) is 3.43.